The van der Waals surface area contributed by atoms with Crippen molar-refractivity contribution >= 4 is 11.3 Å². The Morgan fingerprint density at radius 1 is 1.64 bits per heavy atom. The molecular formula is C9H12N4S. The highest BCUT2D eigenvalue weighted by Crippen LogP contribution is 2.23. The van der Waals surface area contributed by atoms with Crippen molar-refractivity contribution in [2.75, 3.05) is 0 Å². The average molecular weight is 208 g/mol. The molecule has 74 valence electrons. The summed E-state index contributed by atoms with van der Waals surface area (Å²) in [5.74, 6) is 5.51. The predicted molar refractivity (Wildman–Crippen MR) is 56.7 cm³/mol. The van der Waals surface area contributed by atoms with Crippen LogP contribution in [0.3, 0.4) is 0 Å². The number of hydrogen-bond donors (Lipinski definition) is 2. The third-order valence-electron chi connectivity index (χ3n) is 2.01. The summed E-state index contributed by atoms with van der Waals surface area (Å²) in [6.07, 6.45) is 3.73. The van der Waals surface area contributed by atoms with E-state index in [1.165, 1.54) is 4.88 Å². The number of hydrogen-bond acceptors (Lipinski definition) is 4. The zero-order valence-electron chi connectivity index (χ0n) is 7.84. The van der Waals surface area contributed by atoms with Crippen molar-refractivity contribution in [1.82, 2.24) is 15.0 Å². The molecule has 2 aromatic heterocycles. The summed E-state index contributed by atoms with van der Waals surface area (Å²) < 4.78 is 1.91. The monoisotopic (exact) mass is 208 g/mol. The predicted octanol–water partition coefficient (Wildman–Crippen LogP) is 1.03. The van der Waals surface area contributed by atoms with Gasteiger partial charge in [-0.2, -0.15) is 0 Å². The van der Waals surface area contributed by atoms with E-state index in [1.807, 2.05) is 35.3 Å². The fourth-order valence-electron chi connectivity index (χ4n) is 1.35. The van der Waals surface area contributed by atoms with Crippen LogP contribution in [0.1, 0.15) is 16.6 Å². The molecule has 5 heteroatoms. The highest BCUT2D eigenvalue weighted by atomic mass is 32.1. The van der Waals surface area contributed by atoms with Crippen molar-refractivity contribution in [2.45, 2.75) is 6.04 Å². The molecule has 0 amide bonds. The highest BCUT2D eigenvalue weighted by molar-refractivity contribution is 7.10. The Balaban J connectivity index is 2.31. The Morgan fingerprint density at radius 2 is 2.50 bits per heavy atom. The van der Waals surface area contributed by atoms with Gasteiger partial charge in [-0.3, -0.25) is 5.84 Å². The number of imidazole rings is 1. The van der Waals surface area contributed by atoms with Gasteiger partial charge in [-0.05, 0) is 11.4 Å². The second-order valence-electron chi connectivity index (χ2n) is 3.08. The van der Waals surface area contributed by atoms with E-state index in [9.17, 15) is 0 Å². The van der Waals surface area contributed by atoms with E-state index in [0.29, 0.717) is 0 Å². The number of hydrazine groups is 1. The maximum absolute atomic E-state index is 5.51. The van der Waals surface area contributed by atoms with Crippen LogP contribution in [0.4, 0.5) is 0 Å². The summed E-state index contributed by atoms with van der Waals surface area (Å²) in [4.78, 5) is 5.44. The Hall–Kier alpha value is -1.17. The fraction of sp³-hybridized carbons (Fsp3) is 0.222. The largest absolute Gasteiger partial charge is 0.340 e. The number of aromatic nitrogens is 2. The molecule has 0 spiro atoms. The third kappa shape index (κ3) is 1.70. The summed E-state index contributed by atoms with van der Waals surface area (Å²) in [6, 6.07) is 4.05. The Kier molecular flexibility index (Phi) is 2.62. The van der Waals surface area contributed by atoms with Crippen molar-refractivity contribution in [2.24, 2.45) is 12.9 Å². The molecule has 1 unspecified atom stereocenters. The number of rotatable bonds is 3. The molecule has 0 bridgehead atoms. The summed E-state index contributed by atoms with van der Waals surface area (Å²) in [5, 5.41) is 2.03. The number of nitrogens with two attached hydrogens (primary N) is 1. The van der Waals surface area contributed by atoms with Gasteiger partial charge >= 0.3 is 0 Å². The molecule has 2 heterocycles. The second kappa shape index (κ2) is 3.91. The van der Waals surface area contributed by atoms with Crippen LogP contribution in [0.5, 0.6) is 0 Å². The zero-order valence-corrected chi connectivity index (χ0v) is 8.66. The molecule has 1 atom stereocenters. The van der Waals surface area contributed by atoms with Crippen LogP contribution < -0.4 is 11.3 Å². The maximum Gasteiger partial charge on any atom is 0.0988 e. The number of aryl methyl sites for hydroxylation is 1. The van der Waals surface area contributed by atoms with Crippen LogP contribution >= 0.6 is 11.3 Å². The third-order valence-corrected chi connectivity index (χ3v) is 2.95. The first-order valence-corrected chi connectivity index (χ1v) is 5.16. The second-order valence-corrected chi connectivity index (χ2v) is 4.06. The van der Waals surface area contributed by atoms with Crippen molar-refractivity contribution in [1.29, 1.82) is 0 Å². The SMILES string of the molecule is Cn1cnc(C(NN)c2cccs2)c1. The number of nitrogens with one attached hydrogen (secondary N) is 1. The maximum atomic E-state index is 5.51. The van der Waals surface area contributed by atoms with Crippen LogP contribution in [0.2, 0.25) is 0 Å². The number of nitrogens with zero attached hydrogens (tertiary/aromatic N) is 2. The minimum atomic E-state index is -0.00352. The van der Waals surface area contributed by atoms with E-state index in [2.05, 4.69) is 10.4 Å². The Labute approximate surface area is 86.4 Å². The van der Waals surface area contributed by atoms with Gasteiger partial charge in [0.15, 0.2) is 0 Å². The van der Waals surface area contributed by atoms with E-state index in [1.54, 1.807) is 17.7 Å². The minimum Gasteiger partial charge on any atom is -0.340 e. The smallest absolute Gasteiger partial charge is 0.0988 e. The van der Waals surface area contributed by atoms with Gasteiger partial charge < -0.3 is 4.57 Å². The molecule has 2 rings (SSSR count). The molecule has 0 saturated carbocycles. The van der Waals surface area contributed by atoms with Crippen LogP contribution in [0.15, 0.2) is 30.0 Å². The van der Waals surface area contributed by atoms with Gasteiger partial charge in [0.2, 0.25) is 0 Å². The summed E-state index contributed by atoms with van der Waals surface area (Å²) in [6.45, 7) is 0. The summed E-state index contributed by atoms with van der Waals surface area (Å²) in [7, 11) is 1.94. The normalized spacial score (nSPS) is 13.0. The van der Waals surface area contributed by atoms with Crippen LogP contribution in [0, 0.1) is 0 Å². The van der Waals surface area contributed by atoms with E-state index in [-0.39, 0.29) is 6.04 Å². The lowest BCUT2D eigenvalue weighted by atomic mass is 10.2. The first kappa shape index (κ1) is 9.39. The molecular weight excluding hydrogens is 196 g/mol. The first-order valence-electron chi connectivity index (χ1n) is 4.28. The number of thiophene rings is 1. The minimum absolute atomic E-state index is 0.00352. The van der Waals surface area contributed by atoms with E-state index in [0.717, 1.165) is 5.69 Å². The molecule has 3 N–H and O–H groups in total. The lowest BCUT2D eigenvalue weighted by Crippen LogP contribution is -2.28. The lowest BCUT2D eigenvalue weighted by Gasteiger charge is -2.10. The fourth-order valence-corrected chi connectivity index (χ4v) is 2.15. The highest BCUT2D eigenvalue weighted by Gasteiger charge is 2.15. The van der Waals surface area contributed by atoms with Crippen molar-refractivity contribution in [3.63, 3.8) is 0 Å². The topological polar surface area (TPSA) is 55.9 Å². The molecule has 0 aliphatic rings. The standard InChI is InChI=1S/C9H12N4S/c1-13-5-7(11-6-13)9(12-10)8-3-2-4-14-8/h2-6,9,12H,10H2,1H3. The Morgan fingerprint density at radius 3 is 3.00 bits per heavy atom. The summed E-state index contributed by atoms with van der Waals surface area (Å²) in [5.41, 5.74) is 3.71. The molecule has 0 saturated heterocycles. The molecule has 14 heavy (non-hydrogen) atoms. The van der Waals surface area contributed by atoms with Gasteiger partial charge in [0.1, 0.15) is 0 Å². The van der Waals surface area contributed by atoms with Gasteiger partial charge in [-0.1, -0.05) is 6.07 Å². The van der Waals surface area contributed by atoms with E-state index < -0.39 is 0 Å². The van der Waals surface area contributed by atoms with Crippen LogP contribution in [-0.4, -0.2) is 9.55 Å². The van der Waals surface area contributed by atoms with Crippen molar-refractivity contribution < 1.29 is 0 Å². The van der Waals surface area contributed by atoms with Crippen molar-refractivity contribution in [3.05, 3.63) is 40.6 Å². The van der Waals surface area contributed by atoms with Crippen LogP contribution in [-0.2, 0) is 7.05 Å². The molecule has 0 radical (unpaired) electrons. The van der Waals surface area contributed by atoms with Gasteiger partial charge in [-0.15, -0.1) is 11.3 Å². The first-order chi connectivity index (χ1) is 6.81. The van der Waals surface area contributed by atoms with Gasteiger partial charge in [-0.25, -0.2) is 10.4 Å². The molecule has 2 aromatic rings. The Bertz CT molecular complexity index is 393. The average Bonchev–Trinajstić information content (AvgIpc) is 2.79. The molecule has 0 aliphatic carbocycles. The summed E-state index contributed by atoms with van der Waals surface area (Å²) >= 11 is 1.67. The lowest BCUT2D eigenvalue weighted by molar-refractivity contribution is 0.632. The van der Waals surface area contributed by atoms with Gasteiger partial charge in [0, 0.05) is 18.1 Å². The zero-order chi connectivity index (χ0) is 9.97. The van der Waals surface area contributed by atoms with Crippen LogP contribution in [0.25, 0.3) is 0 Å². The molecule has 0 aliphatic heterocycles. The van der Waals surface area contributed by atoms with Gasteiger partial charge in [0.25, 0.3) is 0 Å². The molecule has 0 aromatic carbocycles. The van der Waals surface area contributed by atoms with E-state index >= 15 is 0 Å². The molecule has 0 fully saturated rings. The van der Waals surface area contributed by atoms with Gasteiger partial charge in [0.05, 0.1) is 18.1 Å². The van der Waals surface area contributed by atoms with Crippen molar-refractivity contribution in [3.8, 4) is 0 Å². The van der Waals surface area contributed by atoms with E-state index in [4.69, 9.17) is 5.84 Å². The quantitative estimate of drug-likeness (QED) is 0.585. The molecule has 4 nitrogen and oxygen atoms in total.